The largest absolute Gasteiger partial charge is 0.368 e. The van der Waals surface area contributed by atoms with E-state index in [-0.39, 0.29) is 12.2 Å². The molecule has 4 aromatic carbocycles. The molecule has 1 aliphatic carbocycles. The van der Waals surface area contributed by atoms with Gasteiger partial charge in [-0.05, 0) is 33.9 Å². The van der Waals surface area contributed by atoms with Crippen LogP contribution in [0.1, 0.15) is 22.3 Å². The van der Waals surface area contributed by atoms with Crippen LogP contribution < -0.4 is 0 Å². The lowest BCUT2D eigenvalue weighted by Gasteiger charge is -2.41. The Morgan fingerprint density at radius 2 is 0.850 bits per heavy atom. The summed E-state index contributed by atoms with van der Waals surface area (Å²) in [4.78, 5) is 0. The first kappa shape index (κ1) is 27.8. The van der Waals surface area contributed by atoms with Gasteiger partial charge in [0.1, 0.15) is 24.4 Å². The van der Waals surface area contributed by atoms with Crippen molar-refractivity contribution in [1.82, 2.24) is 0 Å². The summed E-state index contributed by atoms with van der Waals surface area (Å²) < 4.78 is 26.4. The molecule has 4 atom stereocenters. The summed E-state index contributed by atoms with van der Waals surface area (Å²) in [6.45, 7) is 5.88. The molecule has 5 rings (SSSR count). The Bertz CT molecular complexity index is 1320. The highest BCUT2D eigenvalue weighted by atomic mass is 16.6. The summed E-state index contributed by atoms with van der Waals surface area (Å²) in [6, 6.07) is 40.7. The molecule has 0 amide bonds. The minimum Gasteiger partial charge on any atom is -0.368 e. The molecule has 0 aliphatic heterocycles. The Balaban J connectivity index is 1.44. The molecule has 4 heteroatoms. The molecule has 0 N–H and O–H groups in total. The number of hydrogen-bond acceptors (Lipinski definition) is 4. The highest BCUT2D eigenvalue weighted by Gasteiger charge is 2.42. The number of hydrogen-bond donors (Lipinski definition) is 0. The summed E-state index contributed by atoms with van der Waals surface area (Å²) in [5.74, 6) is 0. The topological polar surface area (TPSA) is 36.9 Å². The molecular weight excluding hydrogens is 496 g/mol. The van der Waals surface area contributed by atoms with Gasteiger partial charge in [0.15, 0.2) is 0 Å². The highest BCUT2D eigenvalue weighted by molar-refractivity contribution is 5.30. The Morgan fingerprint density at radius 1 is 0.475 bits per heavy atom. The average molecular weight is 533 g/mol. The first-order chi connectivity index (χ1) is 19.8. The van der Waals surface area contributed by atoms with E-state index in [1.165, 1.54) is 0 Å². The molecule has 0 unspecified atom stereocenters. The van der Waals surface area contributed by atoms with Crippen molar-refractivity contribution in [3.05, 3.63) is 168 Å². The predicted octanol–water partition coefficient (Wildman–Crippen LogP) is 7.45. The normalized spacial score (nSPS) is 20.6. The van der Waals surface area contributed by atoms with Gasteiger partial charge >= 0.3 is 0 Å². The van der Waals surface area contributed by atoms with E-state index in [9.17, 15) is 0 Å². The van der Waals surface area contributed by atoms with Crippen LogP contribution >= 0.6 is 0 Å². The Labute approximate surface area is 237 Å². The van der Waals surface area contributed by atoms with Gasteiger partial charge in [-0.3, -0.25) is 0 Å². The molecule has 0 fully saturated rings. The van der Waals surface area contributed by atoms with Crippen molar-refractivity contribution in [1.29, 1.82) is 0 Å². The van der Waals surface area contributed by atoms with E-state index in [0.29, 0.717) is 26.4 Å². The monoisotopic (exact) mass is 532 g/mol. The molecule has 0 radical (unpaired) electrons. The van der Waals surface area contributed by atoms with Crippen LogP contribution in [-0.4, -0.2) is 24.4 Å². The maximum absolute atomic E-state index is 6.67. The van der Waals surface area contributed by atoms with Crippen LogP contribution in [0.4, 0.5) is 0 Å². The molecule has 1 aliphatic rings. The van der Waals surface area contributed by atoms with Gasteiger partial charge in [-0.25, -0.2) is 0 Å². The quantitative estimate of drug-likeness (QED) is 0.179. The zero-order chi connectivity index (χ0) is 27.4. The fraction of sp³-hybridized carbons (Fsp3) is 0.222. The summed E-state index contributed by atoms with van der Waals surface area (Å²) in [6.07, 6.45) is 2.38. The standard InChI is InChI=1S/C36H36O4/c1-2-32-23-33(37-24-28-15-7-3-8-16-28)35(39-26-30-19-11-5-12-20-30)36(40-27-31-21-13-6-14-22-31)34(32)38-25-29-17-9-4-10-18-29/h2-23,33-36H,1,24-27H2/t33-,34+,35-,36-/m1/s1. The molecule has 204 valence electrons. The van der Waals surface area contributed by atoms with E-state index in [1.807, 2.05) is 78.9 Å². The maximum Gasteiger partial charge on any atom is 0.117 e. The molecule has 0 saturated carbocycles. The van der Waals surface area contributed by atoms with Gasteiger partial charge < -0.3 is 18.9 Å². The van der Waals surface area contributed by atoms with Gasteiger partial charge in [-0.1, -0.05) is 134 Å². The second kappa shape index (κ2) is 14.5. The molecule has 40 heavy (non-hydrogen) atoms. The van der Waals surface area contributed by atoms with Crippen molar-refractivity contribution in [3.63, 3.8) is 0 Å². The smallest absolute Gasteiger partial charge is 0.117 e. The van der Waals surface area contributed by atoms with Crippen molar-refractivity contribution >= 4 is 0 Å². The summed E-state index contributed by atoms with van der Waals surface area (Å²) in [5.41, 5.74) is 5.31. The Kier molecular flexibility index (Phi) is 10.1. The predicted molar refractivity (Wildman–Crippen MR) is 158 cm³/mol. The molecule has 0 heterocycles. The van der Waals surface area contributed by atoms with Crippen LogP contribution in [0.2, 0.25) is 0 Å². The van der Waals surface area contributed by atoms with Gasteiger partial charge in [0, 0.05) is 0 Å². The Morgan fingerprint density at radius 3 is 1.27 bits per heavy atom. The fourth-order valence-electron chi connectivity index (χ4n) is 4.88. The van der Waals surface area contributed by atoms with Crippen LogP contribution in [0.15, 0.2) is 146 Å². The third kappa shape index (κ3) is 7.65. The molecule has 4 nitrogen and oxygen atoms in total. The zero-order valence-corrected chi connectivity index (χ0v) is 22.7. The molecule has 4 aromatic rings. The van der Waals surface area contributed by atoms with Gasteiger partial charge in [0.2, 0.25) is 0 Å². The zero-order valence-electron chi connectivity index (χ0n) is 22.7. The first-order valence-corrected chi connectivity index (χ1v) is 13.8. The molecule has 0 spiro atoms. The number of ether oxygens (including phenoxy) is 4. The first-order valence-electron chi connectivity index (χ1n) is 13.8. The molecule has 0 bridgehead atoms. The van der Waals surface area contributed by atoms with E-state index in [4.69, 9.17) is 18.9 Å². The number of rotatable bonds is 13. The summed E-state index contributed by atoms with van der Waals surface area (Å²) in [7, 11) is 0. The second-order valence-electron chi connectivity index (χ2n) is 9.87. The van der Waals surface area contributed by atoms with Gasteiger partial charge in [-0.2, -0.15) is 0 Å². The average Bonchev–Trinajstić information content (AvgIpc) is 3.03. The van der Waals surface area contributed by atoms with E-state index < -0.39 is 12.2 Å². The van der Waals surface area contributed by atoms with Crippen molar-refractivity contribution < 1.29 is 18.9 Å². The van der Waals surface area contributed by atoms with E-state index in [0.717, 1.165) is 27.8 Å². The van der Waals surface area contributed by atoms with E-state index >= 15 is 0 Å². The van der Waals surface area contributed by atoms with Crippen LogP contribution in [0, 0.1) is 0 Å². The Hall–Kier alpha value is -3.80. The van der Waals surface area contributed by atoms with Crippen molar-refractivity contribution in [2.24, 2.45) is 0 Å². The number of benzene rings is 4. The van der Waals surface area contributed by atoms with Gasteiger partial charge in [-0.15, -0.1) is 0 Å². The lowest BCUT2D eigenvalue weighted by atomic mass is 9.88. The lowest BCUT2D eigenvalue weighted by molar-refractivity contribution is -0.180. The third-order valence-corrected chi connectivity index (χ3v) is 7.00. The summed E-state index contributed by atoms with van der Waals surface area (Å²) >= 11 is 0. The molecular formula is C36H36O4. The minimum absolute atomic E-state index is 0.353. The lowest BCUT2D eigenvalue weighted by Crippen LogP contribution is -2.52. The van der Waals surface area contributed by atoms with Gasteiger partial charge in [0.05, 0.1) is 26.4 Å². The maximum atomic E-state index is 6.67. The van der Waals surface area contributed by atoms with Crippen molar-refractivity contribution in [2.45, 2.75) is 50.8 Å². The molecule has 0 aromatic heterocycles. The SMILES string of the molecule is C=CC1=C[C@@H](OCc2ccccc2)[C@@H](OCc2ccccc2)[C@H](OCc2ccccc2)[C@H]1OCc1ccccc1. The van der Waals surface area contributed by atoms with Crippen LogP contribution in [0.3, 0.4) is 0 Å². The highest BCUT2D eigenvalue weighted by Crippen LogP contribution is 2.32. The summed E-state index contributed by atoms with van der Waals surface area (Å²) in [5, 5.41) is 0. The molecule has 0 saturated heterocycles. The third-order valence-electron chi connectivity index (χ3n) is 7.00. The minimum atomic E-state index is -0.425. The van der Waals surface area contributed by atoms with Crippen LogP contribution in [0.5, 0.6) is 0 Å². The fourth-order valence-corrected chi connectivity index (χ4v) is 4.88. The van der Waals surface area contributed by atoms with Gasteiger partial charge in [0.25, 0.3) is 0 Å². The van der Waals surface area contributed by atoms with E-state index in [1.54, 1.807) is 0 Å². The van der Waals surface area contributed by atoms with Crippen LogP contribution in [0.25, 0.3) is 0 Å². The van der Waals surface area contributed by atoms with E-state index in [2.05, 4.69) is 61.2 Å². The van der Waals surface area contributed by atoms with Crippen molar-refractivity contribution in [2.75, 3.05) is 0 Å². The van der Waals surface area contributed by atoms with Crippen LogP contribution in [-0.2, 0) is 45.4 Å². The van der Waals surface area contributed by atoms with Crippen molar-refractivity contribution in [3.8, 4) is 0 Å². The second-order valence-corrected chi connectivity index (χ2v) is 9.87.